The van der Waals surface area contributed by atoms with Crippen LogP contribution in [0.2, 0.25) is 0 Å². The van der Waals surface area contributed by atoms with Gasteiger partial charge in [-0.15, -0.1) is 0 Å². The zero-order valence-corrected chi connectivity index (χ0v) is 10.3. The molecule has 1 saturated heterocycles. The van der Waals surface area contributed by atoms with Gasteiger partial charge in [-0.2, -0.15) is 0 Å². The first-order valence-corrected chi connectivity index (χ1v) is 6.69. The molecule has 1 heteroatoms. The molecule has 0 aliphatic carbocycles. The largest absolute Gasteiger partial charge is 0.287 e. The zero-order chi connectivity index (χ0) is 11.1. The van der Waals surface area contributed by atoms with E-state index in [0.29, 0.717) is 12.1 Å². The second-order valence-electron chi connectivity index (χ2n) is 5.30. The maximum Gasteiger partial charge on any atom is 0.0360 e. The lowest BCUT2D eigenvalue weighted by Gasteiger charge is -2.39. The standard InChI is InChI=1S/C15H21N/c1-3-11(2)16-14-9-6-10-15(16)13-8-5-4-7-12(13)14/h4-5,7-8,11,14-15H,3,6,9-10H2,1-2H3/t11-,14?,15?/m0/s1. The third-order valence-corrected chi connectivity index (χ3v) is 4.49. The van der Waals surface area contributed by atoms with Crippen LogP contribution >= 0.6 is 0 Å². The number of benzene rings is 1. The third-order valence-electron chi connectivity index (χ3n) is 4.49. The summed E-state index contributed by atoms with van der Waals surface area (Å²) in [5.74, 6) is 0. The number of rotatable bonds is 2. The summed E-state index contributed by atoms with van der Waals surface area (Å²) < 4.78 is 0. The number of hydrogen-bond donors (Lipinski definition) is 0. The van der Waals surface area contributed by atoms with E-state index in [1.807, 2.05) is 0 Å². The van der Waals surface area contributed by atoms with Crippen LogP contribution in [0.3, 0.4) is 0 Å². The van der Waals surface area contributed by atoms with E-state index in [2.05, 4.69) is 43.0 Å². The summed E-state index contributed by atoms with van der Waals surface area (Å²) in [5.41, 5.74) is 3.23. The van der Waals surface area contributed by atoms with Gasteiger partial charge in [-0.05, 0) is 43.7 Å². The molecule has 3 atom stereocenters. The quantitative estimate of drug-likeness (QED) is 0.719. The Labute approximate surface area is 98.5 Å². The van der Waals surface area contributed by atoms with Gasteiger partial charge in [0, 0.05) is 18.1 Å². The second-order valence-corrected chi connectivity index (χ2v) is 5.30. The Bertz CT molecular complexity index is 354. The Morgan fingerprint density at radius 3 is 2.25 bits per heavy atom. The van der Waals surface area contributed by atoms with Crippen LogP contribution in [-0.4, -0.2) is 10.9 Å². The van der Waals surface area contributed by atoms with Crippen LogP contribution in [-0.2, 0) is 0 Å². The number of hydrogen-bond acceptors (Lipinski definition) is 1. The molecule has 0 spiro atoms. The van der Waals surface area contributed by atoms with Crippen LogP contribution in [0.15, 0.2) is 24.3 Å². The Balaban J connectivity index is 2.03. The van der Waals surface area contributed by atoms with Gasteiger partial charge in [0.1, 0.15) is 0 Å². The van der Waals surface area contributed by atoms with Gasteiger partial charge in [0.15, 0.2) is 0 Å². The van der Waals surface area contributed by atoms with Gasteiger partial charge in [0.2, 0.25) is 0 Å². The van der Waals surface area contributed by atoms with Crippen LogP contribution in [0.4, 0.5) is 0 Å². The van der Waals surface area contributed by atoms with Gasteiger partial charge < -0.3 is 0 Å². The SMILES string of the molecule is CC[C@H](C)N1C2CCCC1c1ccccc12. The van der Waals surface area contributed by atoms with E-state index in [4.69, 9.17) is 0 Å². The molecule has 2 heterocycles. The second kappa shape index (κ2) is 3.89. The highest BCUT2D eigenvalue weighted by Gasteiger charge is 2.42. The average molecular weight is 215 g/mol. The van der Waals surface area contributed by atoms with Crippen molar-refractivity contribution >= 4 is 0 Å². The lowest BCUT2D eigenvalue weighted by Crippen LogP contribution is -2.37. The molecule has 2 unspecified atom stereocenters. The first-order chi connectivity index (χ1) is 7.83. The molecule has 2 bridgehead atoms. The van der Waals surface area contributed by atoms with E-state index in [9.17, 15) is 0 Å². The van der Waals surface area contributed by atoms with Crippen LogP contribution in [0.1, 0.15) is 62.7 Å². The molecule has 1 fully saturated rings. The summed E-state index contributed by atoms with van der Waals surface area (Å²) in [6.07, 6.45) is 5.38. The summed E-state index contributed by atoms with van der Waals surface area (Å²) >= 11 is 0. The van der Waals surface area contributed by atoms with Crippen molar-refractivity contribution in [2.75, 3.05) is 0 Å². The van der Waals surface area contributed by atoms with E-state index < -0.39 is 0 Å². The first kappa shape index (κ1) is 10.3. The minimum Gasteiger partial charge on any atom is -0.287 e. The van der Waals surface area contributed by atoms with Gasteiger partial charge >= 0.3 is 0 Å². The fourth-order valence-electron chi connectivity index (χ4n) is 3.60. The smallest absolute Gasteiger partial charge is 0.0360 e. The van der Waals surface area contributed by atoms with Crippen molar-refractivity contribution < 1.29 is 0 Å². The number of piperidine rings is 1. The van der Waals surface area contributed by atoms with Crippen LogP contribution in [0.5, 0.6) is 0 Å². The van der Waals surface area contributed by atoms with E-state index in [1.54, 1.807) is 11.1 Å². The molecular formula is C15H21N. The Hall–Kier alpha value is -0.820. The Kier molecular flexibility index (Phi) is 2.51. The molecule has 0 aromatic heterocycles. The molecule has 1 aromatic rings. The third kappa shape index (κ3) is 1.34. The van der Waals surface area contributed by atoms with Gasteiger partial charge in [-0.1, -0.05) is 31.2 Å². The molecule has 2 aliphatic rings. The van der Waals surface area contributed by atoms with Crippen molar-refractivity contribution in [2.45, 2.75) is 57.7 Å². The molecule has 0 N–H and O–H groups in total. The fourth-order valence-corrected chi connectivity index (χ4v) is 3.60. The van der Waals surface area contributed by atoms with Crippen molar-refractivity contribution in [1.82, 2.24) is 4.90 Å². The molecule has 2 aliphatic heterocycles. The maximum absolute atomic E-state index is 2.77. The summed E-state index contributed by atoms with van der Waals surface area (Å²) in [6.45, 7) is 4.70. The zero-order valence-electron chi connectivity index (χ0n) is 10.3. The molecule has 0 saturated carbocycles. The highest BCUT2D eigenvalue weighted by Crippen LogP contribution is 2.51. The lowest BCUT2D eigenvalue weighted by atomic mass is 9.98. The minimum atomic E-state index is 0.713. The highest BCUT2D eigenvalue weighted by molar-refractivity contribution is 5.38. The summed E-state index contributed by atoms with van der Waals surface area (Å²) in [6, 6.07) is 11.3. The number of nitrogens with zero attached hydrogens (tertiary/aromatic N) is 1. The minimum absolute atomic E-state index is 0.713. The molecule has 1 aromatic carbocycles. The molecular weight excluding hydrogens is 194 g/mol. The lowest BCUT2D eigenvalue weighted by molar-refractivity contribution is 0.0647. The van der Waals surface area contributed by atoms with Crippen LogP contribution in [0, 0.1) is 0 Å². The van der Waals surface area contributed by atoms with Gasteiger partial charge in [0.05, 0.1) is 0 Å². The van der Waals surface area contributed by atoms with Gasteiger partial charge in [-0.3, -0.25) is 4.90 Å². The van der Waals surface area contributed by atoms with Crippen molar-refractivity contribution in [3.05, 3.63) is 35.4 Å². The van der Waals surface area contributed by atoms with Gasteiger partial charge in [0.25, 0.3) is 0 Å². The van der Waals surface area contributed by atoms with Crippen LogP contribution in [0.25, 0.3) is 0 Å². The van der Waals surface area contributed by atoms with Gasteiger partial charge in [-0.25, -0.2) is 0 Å². The average Bonchev–Trinajstić information content (AvgIpc) is 2.54. The topological polar surface area (TPSA) is 3.24 Å². The summed E-state index contributed by atoms with van der Waals surface area (Å²) in [5, 5.41) is 0. The molecule has 86 valence electrons. The predicted octanol–water partition coefficient (Wildman–Crippen LogP) is 4.07. The monoisotopic (exact) mass is 215 g/mol. The first-order valence-electron chi connectivity index (χ1n) is 6.69. The van der Waals surface area contributed by atoms with Crippen LogP contribution < -0.4 is 0 Å². The number of fused-ring (bicyclic) bond motifs is 5. The molecule has 0 radical (unpaired) electrons. The van der Waals surface area contributed by atoms with E-state index in [0.717, 1.165) is 6.04 Å². The van der Waals surface area contributed by atoms with E-state index in [1.165, 1.54) is 25.7 Å². The normalized spacial score (nSPS) is 30.1. The Morgan fingerprint density at radius 2 is 1.75 bits per heavy atom. The van der Waals surface area contributed by atoms with E-state index in [-0.39, 0.29) is 0 Å². The summed E-state index contributed by atoms with van der Waals surface area (Å²) in [7, 11) is 0. The molecule has 0 amide bonds. The Morgan fingerprint density at radius 1 is 1.19 bits per heavy atom. The molecule has 16 heavy (non-hydrogen) atoms. The van der Waals surface area contributed by atoms with Crippen molar-refractivity contribution in [1.29, 1.82) is 0 Å². The maximum atomic E-state index is 2.77. The molecule has 3 rings (SSSR count). The highest BCUT2D eigenvalue weighted by atomic mass is 15.2. The molecule has 1 nitrogen and oxygen atoms in total. The van der Waals surface area contributed by atoms with Crippen molar-refractivity contribution in [3.8, 4) is 0 Å². The fraction of sp³-hybridized carbons (Fsp3) is 0.600. The summed E-state index contributed by atoms with van der Waals surface area (Å²) in [4.78, 5) is 2.77. The van der Waals surface area contributed by atoms with Crippen molar-refractivity contribution in [3.63, 3.8) is 0 Å². The van der Waals surface area contributed by atoms with Crippen molar-refractivity contribution in [2.24, 2.45) is 0 Å². The predicted molar refractivity (Wildman–Crippen MR) is 67.4 cm³/mol. The van der Waals surface area contributed by atoms with E-state index >= 15 is 0 Å².